The molecular weight excluding hydrogens is 237 g/mol. The molecule has 4 rings (SSSR count). The maximum atomic E-state index is 14.5. The van der Waals surface area contributed by atoms with E-state index >= 15 is 0 Å². The molecule has 3 aliphatic carbocycles. The molecule has 3 aliphatic rings. The van der Waals surface area contributed by atoms with Crippen LogP contribution in [0.4, 0.5) is 4.39 Å². The molecule has 0 heterocycles. The van der Waals surface area contributed by atoms with E-state index in [2.05, 4.69) is 12.2 Å². The summed E-state index contributed by atoms with van der Waals surface area (Å²) in [5.74, 6) is 0.0683. The summed E-state index contributed by atoms with van der Waals surface area (Å²) in [6.45, 7) is 3.99. The van der Waals surface area contributed by atoms with Gasteiger partial charge in [-0.25, -0.2) is 4.39 Å². The maximum absolute atomic E-state index is 14.5. The summed E-state index contributed by atoms with van der Waals surface area (Å²) in [4.78, 5) is 0. The van der Waals surface area contributed by atoms with Gasteiger partial charge in [-0.2, -0.15) is 0 Å². The normalized spacial score (nSPS) is 24.5. The van der Waals surface area contributed by atoms with Crippen LogP contribution in [0.2, 0.25) is 0 Å². The fraction of sp³-hybridized carbons (Fsp3) is 0.647. The van der Waals surface area contributed by atoms with Crippen LogP contribution in [0.25, 0.3) is 0 Å². The molecule has 0 radical (unpaired) electrons. The third kappa shape index (κ3) is 1.50. The standard InChI is InChI=1S/C17H22FN/c1-2-19-11-12-3-4-14(18)15-13(12)5-6-16(7-8-16)17(15)9-10-17/h3-4,19H,2,5-11H2,1H3. The minimum absolute atomic E-state index is 0.0683. The molecule has 1 nitrogen and oxygen atoms in total. The van der Waals surface area contributed by atoms with Gasteiger partial charge in [-0.1, -0.05) is 13.0 Å². The first-order valence-electron chi connectivity index (χ1n) is 7.74. The van der Waals surface area contributed by atoms with Gasteiger partial charge in [0.25, 0.3) is 0 Å². The number of hydrogen-bond donors (Lipinski definition) is 1. The Kier molecular flexibility index (Phi) is 2.39. The lowest BCUT2D eigenvalue weighted by Gasteiger charge is -2.36. The highest BCUT2D eigenvalue weighted by Gasteiger charge is 2.68. The Morgan fingerprint density at radius 3 is 2.58 bits per heavy atom. The largest absolute Gasteiger partial charge is 0.313 e. The van der Waals surface area contributed by atoms with E-state index in [1.165, 1.54) is 43.2 Å². The van der Waals surface area contributed by atoms with Crippen LogP contribution in [-0.2, 0) is 18.4 Å². The zero-order valence-electron chi connectivity index (χ0n) is 11.7. The van der Waals surface area contributed by atoms with Crippen molar-refractivity contribution in [2.24, 2.45) is 5.41 Å². The molecule has 0 aromatic heterocycles. The Balaban J connectivity index is 1.81. The minimum atomic E-state index is 0.0683. The van der Waals surface area contributed by atoms with E-state index < -0.39 is 0 Å². The molecular formula is C17H22FN. The molecule has 0 amide bonds. The van der Waals surface area contributed by atoms with E-state index in [1.807, 2.05) is 6.07 Å². The Morgan fingerprint density at radius 2 is 1.95 bits per heavy atom. The lowest BCUT2D eigenvalue weighted by molar-refractivity contribution is 0.314. The van der Waals surface area contributed by atoms with Crippen molar-refractivity contribution in [2.75, 3.05) is 6.54 Å². The molecule has 102 valence electrons. The van der Waals surface area contributed by atoms with Gasteiger partial charge in [0.05, 0.1) is 0 Å². The number of benzene rings is 1. The van der Waals surface area contributed by atoms with Gasteiger partial charge >= 0.3 is 0 Å². The van der Waals surface area contributed by atoms with Crippen molar-refractivity contribution in [1.82, 2.24) is 5.32 Å². The van der Waals surface area contributed by atoms with Gasteiger partial charge in [0, 0.05) is 12.0 Å². The lowest BCUT2D eigenvalue weighted by atomic mass is 9.68. The summed E-state index contributed by atoms with van der Waals surface area (Å²) in [5.41, 5.74) is 4.53. The molecule has 1 N–H and O–H groups in total. The van der Waals surface area contributed by atoms with Gasteiger partial charge in [0.2, 0.25) is 0 Å². The predicted octanol–water partition coefficient (Wildman–Crippen LogP) is 3.69. The predicted molar refractivity (Wildman–Crippen MR) is 74.7 cm³/mol. The van der Waals surface area contributed by atoms with Crippen LogP contribution < -0.4 is 5.32 Å². The van der Waals surface area contributed by atoms with Crippen molar-refractivity contribution >= 4 is 0 Å². The van der Waals surface area contributed by atoms with E-state index in [9.17, 15) is 4.39 Å². The molecule has 0 bridgehead atoms. The second-order valence-corrected chi connectivity index (χ2v) is 6.70. The summed E-state index contributed by atoms with van der Waals surface area (Å²) < 4.78 is 14.5. The Morgan fingerprint density at radius 1 is 1.16 bits per heavy atom. The number of hydrogen-bond acceptors (Lipinski definition) is 1. The summed E-state index contributed by atoms with van der Waals surface area (Å²) in [6, 6.07) is 3.71. The Bertz CT molecular complexity index is 526. The van der Waals surface area contributed by atoms with E-state index in [-0.39, 0.29) is 11.2 Å². The van der Waals surface area contributed by atoms with E-state index in [4.69, 9.17) is 0 Å². The highest BCUT2D eigenvalue weighted by molar-refractivity contribution is 5.50. The fourth-order valence-electron chi connectivity index (χ4n) is 4.54. The monoisotopic (exact) mass is 259 g/mol. The molecule has 19 heavy (non-hydrogen) atoms. The first-order chi connectivity index (χ1) is 9.22. The average Bonchev–Trinajstić information content (AvgIpc) is 3.28. The van der Waals surface area contributed by atoms with Crippen LogP contribution in [0.1, 0.15) is 55.7 Å². The second-order valence-electron chi connectivity index (χ2n) is 6.70. The molecule has 2 spiro atoms. The molecule has 0 atom stereocenters. The molecule has 0 saturated heterocycles. The molecule has 1 aromatic rings. The van der Waals surface area contributed by atoms with Crippen molar-refractivity contribution in [1.29, 1.82) is 0 Å². The third-order valence-corrected chi connectivity index (χ3v) is 5.88. The zero-order chi connectivity index (χ0) is 13.1. The van der Waals surface area contributed by atoms with Gasteiger partial charge in [0.1, 0.15) is 5.82 Å². The fourth-order valence-corrected chi connectivity index (χ4v) is 4.54. The van der Waals surface area contributed by atoms with Gasteiger partial charge in [-0.3, -0.25) is 0 Å². The summed E-state index contributed by atoms with van der Waals surface area (Å²) in [6.07, 6.45) is 7.51. The van der Waals surface area contributed by atoms with Gasteiger partial charge < -0.3 is 5.32 Å². The zero-order valence-corrected chi connectivity index (χ0v) is 11.7. The van der Waals surface area contributed by atoms with Gasteiger partial charge in [-0.05, 0) is 73.2 Å². The van der Waals surface area contributed by atoms with Gasteiger partial charge in [-0.15, -0.1) is 0 Å². The summed E-state index contributed by atoms with van der Waals surface area (Å²) in [5, 5.41) is 3.40. The van der Waals surface area contributed by atoms with Gasteiger partial charge in [0.15, 0.2) is 0 Å². The first-order valence-corrected chi connectivity index (χ1v) is 7.74. The van der Waals surface area contributed by atoms with Crippen molar-refractivity contribution in [3.8, 4) is 0 Å². The van der Waals surface area contributed by atoms with Crippen LogP contribution in [0.3, 0.4) is 0 Å². The molecule has 0 unspecified atom stereocenters. The van der Waals surface area contributed by atoms with E-state index in [1.54, 1.807) is 6.07 Å². The van der Waals surface area contributed by atoms with Crippen LogP contribution in [0.15, 0.2) is 12.1 Å². The summed E-state index contributed by atoms with van der Waals surface area (Å²) >= 11 is 0. The quantitative estimate of drug-likeness (QED) is 0.873. The summed E-state index contributed by atoms with van der Waals surface area (Å²) in [7, 11) is 0. The molecule has 2 fully saturated rings. The molecule has 1 aromatic carbocycles. The van der Waals surface area contributed by atoms with E-state index in [0.717, 1.165) is 25.1 Å². The molecule has 2 heteroatoms. The highest BCUT2D eigenvalue weighted by atomic mass is 19.1. The lowest BCUT2D eigenvalue weighted by Crippen LogP contribution is -2.31. The van der Waals surface area contributed by atoms with Crippen LogP contribution >= 0.6 is 0 Å². The Labute approximate surface area is 114 Å². The Hall–Kier alpha value is -0.890. The average molecular weight is 259 g/mol. The van der Waals surface area contributed by atoms with Crippen LogP contribution in [-0.4, -0.2) is 6.54 Å². The van der Waals surface area contributed by atoms with Crippen molar-refractivity contribution < 1.29 is 4.39 Å². The first kappa shape index (κ1) is 11.9. The topological polar surface area (TPSA) is 12.0 Å². The third-order valence-electron chi connectivity index (χ3n) is 5.88. The van der Waals surface area contributed by atoms with Crippen molar-refractivity contribution in [2.45, 2.75) is 57.4 Å². The van der Waals surface area contributed by atoms with Crippen LogP contribution in [0.5, 0.6) is 0 Å². The van der Waals surface area contributed by atoms with Crippen molar-refractivity contribution in [3.63, 3.8) is 0 Å². The maximum Gasteiger partial charge on any atom is 0.127 e. The number of fused-ring (bicyclic) bond motifs is 3. The minimum Gasteiger partial charge on any atom is -0.313 e. The molecule has 2 saturated carbocycles. The van der Waals surface area contributed by atoms with Crippen molar-refractivity contribution in [3.05, 3.63) is 34.6 Å². The number of nitrogens with one attached hydrogen (secondary N) is 1. The second kappa shape index (κ2) is 3.82. The number of rotatable bonds is 3. The number of halogens is 1. The smallest absolute Gasteiger partial charge is 0.127 e. The molecule has 0 aliphatic heterocycles. The highest BCUT2D eigenvalue weighted by Crippen LogP contribution is 2.75. The van der Waals surface area contributed by atoms with Crippen LogP contribution in [0, 0.1) is 11.2 Å². The van der Waals surface area contributed by atoms with E-state index in [0.29, 0.717) is 5.41 Å². The SMILES string of the molecule is CCNCc1ccc(F)c2c1CCC1(CC1)C21CC1.